The van der Waals surface area contributed by atoms with E-state index in [2.05, 4.69) is 18.6 Å². The van der Waals surface area contributed by atoms with Gasteiger partial charge in [0.25, 0.3) is 0 Å². The minimum atomic E-state index is -0.671. The lowest BCUT2D eigenvalue weighted by molar-refractivity contribution is 0.0233. The summed E-state index contributed by atoms with van der Waals surface area (Å²) in [5.41, 5.74) is 0.644. The molecule has 1 aromatic carbocycles. The molecule has 0 saturated heterocycles. The molecule has 0 aliphatic rings. The van der Waals surface area contributed by atoms with E-state index in [-0.39, 0.29) is 11.7 Å². The fraction of sp³-hybridized carbons (Fsp3) is 0.500. The van der Waals surface area contributed by atoms with Crippen LogP contribution in [-0.2, 0) is 16.1 Å². The highest BCUT2D eigenvalue weighted by Gasteiger charge is 2.13. The van der Waals surface area contributed by atoms with Crippen LogP contribution in [0.25, 0.3) is 0 Å². The molecule has 0 fully saturated rings. The number of rotatable bonds is 5. The summed E-state index contributed by atoms with van der Waals surface area (Å²) in [6, 6.07) is 4.39. The van der Waals surface area contributed by atoms with E-state index >= 15 is 0 Å². The number of ether oxygens (including phenoxy) is 2. The molecule has 0 aliphatic carbocycles. The molecule has 0 amide bonds. The first-order chi connectivity index (χ1) is 8.45. The molecular formula is C14H19FO3. The van der Waals surface area contributed by atoms with Crippen molar-refractivity contribution in [3.8, 4) is 0 Å². The summed E-state index contributed by atoms with van der Waals surface area (Å²) in [6.45, 7) is 6.43. The predicted molar refractivity (Wildman–Crippen MR) is 66.8 cm³/mol. The van der Waals surface area contributed by atoms with Crippen LogP contribution in [0.5, 0.6) is 0 Å². The molecule has 0 radical (unpaired) electrons. The predicted octanol–water partition coefficient (Wildman–Crippen LogP) is 3.17. The van der Waals surface area contributed by atoms with Crippen molar-refractivity contribution in [3.05, 3.63) is 35.1 Å². The van der Waals surface area contributed by atoms with E-state index in [9.17, 15) is 9.18 Å². The molecular weight excluding hydrogens is 235 g/mol. The lowest BCUT2D eigenvalue weighted by Gasteiger charge is -2.16. The number of methoxy groups -OCH3 is 1. The Hall–Kier alpha value is -1.42. The van der Waals surface area contributed by atoms with Crippen LogP contribution < -0.4 is 0 Å². The average molecular weight is 254 g/mol. The van der Waals surface area contributed by atoms with Gasteiger partial charge in [0.2, 0.25) is 0 Å². The second kappa shape index (κ2) is 6.50. The van der Waals surface area contributed by atoms with Gasteiger partial charge in [-0.05, 0) is 30.5 Å². The minimum absolute atomic E-state index is 0.0573. The van der Waals surface area contributed by atoms with Crippen LogP contribution in [-0.4, -0.2) is 19.2 Å². The van der Waals surface area contributed by atoms with Crippen LogP contribution in [0.4, 0.5) is 4.39 Å². The van der Waals surface area contributed by atoms with Crippen LogP contribution in [0.15, 0.2) is 18.2 Å². The smallest absolute Gasteiger partial charge is 0.340 e. The average Bonchev–Trinajstić information content (AvgIpc) is 2.34. The lowest BCUT2D eigenvalue weighted by Crippen LogP contribution is -2.15. The highest BCUT2D eigenvalue weighted by molar-refractivity contribution is 5.89. The summed E-state index contributed by atoms with van der Waals surface area (Å²) >= 11 is 0. The summed E-state index contributed by atoms with van der Waals surface area (Å²) in [4.78, 5) is 11.2. The van der Waals surface area contributed by atoms with Crippen molar-refractivity contribution < 1.29 is 18.7 Å². The Morgan fingerprint density at radius 2 is 2.00 bits per heavy atom. The molecule has 3 nitrogen and oxygen atoms in total. The minimum Gasteiger partial charge on any atom is -0.465 e. The van der Waals surface area contributed by atoms with E-state index in [1.54, 1.807) is 6.07 Å². The van der Waals surface area contributed by atoms with E-state index in [4.69, 9.17) is 4.74 Å². The Kier molecular flexibility index (Phi) is 5.28. The number of benzene rings is 1. The SMILES string of the molecule is COC(=O)c1ccc(COC(C)C(C)C)cc1F. The molecule has 1 aromatic rings. The van der Waals surface area contributed by atoms with Gasteiger partial charge in [-0.3, -0.25) is 0 Å². The van der Waals surface area contributed by atoms with E-state index in [0.717, 1.165) is 0 Å². The topological polar surface area (TPSA) is 35.5 Å². The summed E-state index contributed by atoms with van der Waals surface area (Å²) < 4.78 is 23.7. The Morgan fingerprint density at radius 3 is 2.50 bits per heavy atom. The molecule has 0 aliphatic heterocycles. The van der Waals surface area contributed by atoms with Gasteiger partial charge in [0.1, 0.15) is 5.82 Å². The van der Waals surface area contributed by atoms with Crippen LogP contribution in [0.2, 0.25) is 0 Å². The molecule has 0 heterocycles. The molecule has 4 heteroatoms. The molecule has 1 unspecified atom stereocenters. The molecule has 0 spiro atoms. The van der Waals surface area contributed by atoms with Crippen molar-refractivity contribution >= 4 is 5.97 Å². The number of esters is 1. The zero-order valence-corrected chi connectivity index (χ0v) is 11.2. The van der Waals surface area contributed by atoms with Crippen molar-refractivity contribution in [1.29, 1.82) is 0 Å². The molecule has 100 valence electrons. The van der Waals surface area contributed by atoms with E-state index < -0.39 is 11.8 Å². The summed E-state index contributed by atoms with van der Waals surface area (Å²) in [5.74, 6) is -0.847. The molecule has 18 heavy (non-hydrogen) atoms. The highest BCUT2D eigenvalue weighted by atomic mass is 19.1. The third kappa shape index (κ3) is 3.81. The van der Waals surface area contributed by atoms with Gasteiger partial charge >= 0.3 is 5.97 Å². The van der Waals surface area contributed by atoms with Crippen molar-refractivity contribution in [2.75, 3.05) is 7.11 Å². The molecule has 0 bridgehead atoms. The first kappa shape index (κ1) is 14.6. The van der Waals surface area contributed by atoms with Gasteiger partial charge < -0.3 is 9.47 Å². The first-order valence-electron chi connectivity index (χ1n) is 5.94. The fourth-order valence-electron chi connectivity index (χ4n) is 1.34. The summed E-state index contributed by atoms with van der Waals surface area (Å²) in [5, 5.41) is 0. The van der Waals surface area contributed by atoms with Crippen molar-refractivity contribution in [3.63, 3.8) is 0 Å². The zero-order valence-electron chi connectivity index (χ0n) is 11.2. The van der Waals surface area contributed by atoms with Gasteiger partial charge in [-0.1, -0.05) is 19.9 Å². The summed E-state index contributed by atoms with van der Waals surface area (Å²) in [6.07, 6.45) is 0.105. The molecule has 1 atom stereocenters. The maximum Gasteiger partial charge on any atom is 0.340 e. The van der Waals surface area contributed by atoms with Gasteiger partial charge in [0.05, 0.1) is 25.4 Å². The molecule has 1 rings (SSSR count). The Bertz CT molecular complexity index is 416. The number of hydrogen-bond donors (Lipinski definition) is 0. The van der Waals surface area contributed by atoms with Crippen molar-refractivity contribution in [1.82, 2.24) is 0 Å². The quantitative estimate of drug-likeness (QED) is 0.757. The second-order valence-corrected chi connectivity index (χ2v) is 4.57. The monoisotopic (exact) mass is 254 g/mol. The summed E-state index contributed by atoms with van der Waals surface area (Å²) in [7, 11) is 1.23. The normalized spacial score (nSPS) is 12.6. The van der Waals surface area contributed by atoms with Crippen molar-refractivity contribution in [2.45, 2.75) is 33.5 Å². The third-order valence-electron chi connectivity index (χ3n) is 2.89. The molecule has 0 N–H and O–H groups in total. The highest BCUT2D eigenvalue weighted by Crippen LogP contribution is 2.14. The number of halogens is 1. The molecule has 0 aromatic heterocycles. The zero-order chi connectivity index (χ0) is 13.7. The van der Waals surface area contributed by atoms with E-state index in [1.165, 1.54) is 19.2 Å². The first-order valence-corrected chi connectivity index (χ1v) is 5.94. The number of carbonyl (C=O) groups is 1. The van der Waals surface area contributed by atoms with Crippen LogP contribution in [0.1, 0.15) is 36.7 Å². The lowest BCUT2D eigenvalue weighted by atomic mass is 10.1. The largest absolute Gasteiger partial charge is 0.465 e. The van der Waals surface area contributed by atoms with Crippen LogP contribution >= 0.6 is 0 Å². The second-order valence-electron chi connectivity index (χ2n) is 4.57. The van der Waals surface area contributed by atoms with E-state index in [1.807, 2.05) is 6.92 Å². The van der Waals surface area contributed by atoms with E-state index in [0.29, 0.717) is 18.1 Å². The number of carbonyl (C=O) groups excluding carboxylic acids is 1. The fourth-order valence-corrected chi connectivity index (χ4v) is 1.34. The molecule has 0 saturated carbocycles. The van der Waals surface area contributed by atoms with Crippen LogP contribution in [0, 0.1) is 11.7 Å². The van der Waals surface area contributed by atoms with Crippen LogP contribution in [0.3, 0.4) is 0 Å². The standard InChI is InChI=1S/C14H19FO3/c1-9(2)10(3)18-8-11-5-6-12(13(15)7-11)14(16)17-4/h5-7,9-10H,8H2,1-4H3. The maximum atomic E-state index is 13.6. The van der Waals surface area contributed by atoms with Gasteiger partial charge in [-0.2, -0.15) is 0 Å². The Morgan fingerprint density at radius 1 is 1.33 bits per heavy atom. The third-order valence-corrected chi connectivity index (χ3v) is 2.89. The maximum absolute atomic E-state index is 13.6. The Balaban J connectivity index is 2.70. The number of hydrogen-bond acceptors (Lipinski definition) is 3. The van der Waals surface area contributed by atoms with Gasteiger partial charge in [-0.25, -0.2) is 9.18 Å². The van der Waals surface area contributed by atoms with Gasteiger partial charge in [-0.15, -0.1) is 0 Å². The van der Waals surface area contributed by atoms with Gasteiger partial charge in [0.15, 0.2) is 0 Å². The van der Waals surface area contributed by atoms with Crippen molar-refractivity contribution in [2.24, 2.45) is 5.92 Å². The van der Waals surface area contributed by atoms with Gasteiger partial charge in [0, 0.05) is 0 Å². The Labute approximate surface area is 107 Å².